The van der Waals surface area contributed by atoms with Crippen LogP contribution in [0.2, 0.25) is 5.02 Å². The van der Waals surface area contributed by atoms with Crippen LogP contribution in [0.1, 0.15) is 38.1 Å². The van der Waals surface area contributed by atoms with Gasteiger partial charge in [-0.15, -0.1) is 0 Å². The molecule has 0 saturated heterocycles. The fourth-order valence-corrected chi connectivity index (χ4v) is 2.40. The third-order valence-corrected chi connectivity index (χ3v) is 4.35. The van der Waals surface area contributed by atoms with E-state index in [-0.39, 0.29) is 12.5 Å². The number of hydrogen-bond acceptors (Lipinski definition) is 3. The van der Waals surface area contributed by atoms with Gasteiger partial charge in [-0.1, -0.05) is 11.6 Å². The van der Waals surface area contributed by atoms with E-state index >= 15 is 0 Å². The fourth-order valence-electron chi connectivity index (χ4n) is 2.20. The highest BCUT2D eigenvalue weighted by Gasteiger charge is 2.44. The summed E-state index contributed by atoms with van der Waals surface area (Å²) in [6, 6.07) is 0.115. The second-order valence-electron chi connectivity index (χ2n) is 5.72. The Hall–Kier alpha value is -1.56. The molecule has 1 aliphatic carbocycles. The molecule has 0 bridgehead atoms. The van der Waals surface area contributed by atoms with Gasteiger partial charge in [-0.05, 0) is 33.6 Å². The minimum absolute atomic E-state index is 0.0222. The summed E-state index contributed by atoms with van der Waals surface area (Å²) < 4.78 is 1.66. The van der Waals surface area contributed by atoms with Crippen LogP contribution >= 0.6 is 11.6 Å². The van der Waals surface area contributed by atoms with Crippen molar-refractivity contribution < 1.29 is 14.7 Å². The highest BCUT2D eigenvalue weighted by Crippen LogP contribution is 2.31. The minimum Gasteiger partial charge on any atom is -0.480 e. The summed E-state index contributed by atoms with van der Waals surface area (Å²) in [5.41, 5.74) is -0.317. The quantitative estimate of drug-likeness (QED) is 0.784. The summed E-state index contributed by atoms with van der Waals surface area (Å²) in [5.74, 6) is -1.62. The average Bonchev–Trinajstić information content (AvgIpc) is 3.20. The van der Waals surface area contributed by atoms with Crippen LogP contribution in [0.4, 0.5) is 0 Å². The van der Waals surface area contributed by atoms with E-state index < -0.39 is 17.3 Å². The summed E-state index contributed by atoms with van der Waals surface area (Å²) in [5, 5.41) is 17.0. The van der Waals surface area contributed by atoms with Crippen LogP contribution in [0.3, 0.4) is 0 Å². The monoisotopic (exact) mass is 313 g/mol. The van der Waals surface area contributed by atoms with Crippen molar-refractivity contribution in [2.24, 2.45) is 5.41 Å². The maximum absolute atomic E-state index is 12.3. The van der Waals surface area contributed by atoms with Gasteiger partial charge < -0.3 is 10.4 Å². The van der Waals surface area contributed by atoms with Gasteiger partial charge in [-0.2, -0.15) is 5.10 Å². The number of carboxylic acid groups (broad SMARTS) is 1. The molecular formula is C14H20ClN3O3. The van der Waals surface area contributed by atoms with Crippen LogP contribution in [-0.2, 0) is 22.6 Å². The molecule has 0 spiro atoms. The smallest absolute Gasteiger partial charge is 0.319 e. The molecule has 1 amide bonds. The van der Waals surface area contributed by atoms with Gasteiger partial charge in [0.1, 0.15) is 5.41 Å². The van der Waals surface area contributed by atoms with Crippen molar-refractivity contribution >= 4 is 23.5 Å². The van der Waals surface area contributed by atoms with Crippen molar-refractivity contribution in [3.8, 4) is 0 Å². The molecule has 21 heavy (non-hydrogen) atoms. The number of carbonyl (C=O) groups excluding carboxylic acids is 1. The Bertz CT molecular complexity index is 580. The van der Waals surface area contributed by atoms with Crippen molar-refractivity contribution in [2.75, 3.05) is 0 Å². The Labute approximate surface area is 128 Å². The summed E-state index contributed by atoms with van der Waals surface area (Å²) in [4.78, 5) is 24.0. The Kier molecular flexibility index (Phi) is 4.27. The molecule has 6 nitrogen and oxygen atoms in total. The first-order chi connectivity index (χ1) is 9.79. The van der Waals surface area contributed by atoms with Crippen molar-refractivity contribution in [3.05, 3.63) is 16.4 Å². The van der Waals surface area contributed by atoms with Crippen molar-refractivity contribution in [1.29, 1.82) is 0 Å². The molecular weight excluding hydrogens is 294 g/mol. The maximum atomic E-state index is 12.3. The lowest BCUT2D eigenvalue weighted by atomic mass is 9.84. The molecule has 7 heteroatoms. The first-order valence-electron chi connectivity index (χ1n) is 7.05. The van der Waals surface area contributed by atoms with Crippen molar-refractivity contribution in [1.82, 2.24) is 15.1 Å². The van der Waals surface area contributed by atoms with Crippen LogP contribution in [0, 0.1) is 12.3 Å². The van der Waals surface area contributed by atoms with Gasteiger partial charge in [-0.3, -0.25) is 14.3 Å². The molecule has 1 fully saturated rings. The van der Waals surface area contributed by atoms with Gasteiger partial charge in [0.2, 0.25) is 5.91 Å². The predicted octanol–water partition coefficient (Wildman–Crippen LogP) is 1.78. The van der Waals surface area contributed by atoms with Crippen LogP contribution in [0.15, 0.2) is 0 Å². The van der Waals surface area contributed by atoms with E-state index in [0.717, 1.165) is 12.8 Å². The zero-order valence-corrected chi connectivity index (χ0v) is 13.2. The molecule has 1 saturated carbocycles. The van der Waals surface area contributed by atoms with E-state index in [1.54, 1.807) is 11.6 Å². The van der Waals surface area contributed by atoms with E-state index in [2.05, 4.69) is 10.4 Å². The molecule has 1 unspecified atom stereocenters. The van der Waals surface area contributed by atoms with E-state index in [1.165, 1.54) is 6.92 Å². The van der Waals surface area contributed by atoms with E-state index in [1.807, 2.05) is 6.92 Å². The molecule has 2 N–H and O–H groups in total. The first-order valence-corrected chi connectivity index (χ1v) is 7.43. The van der Waals surface area contributed by atoms with Gasteiger partial charge in [0, 0.05) is 19.0 Å². The number of nitrogens with zero attached hydrogens (tertiary/aromatic N) is 2. The molecule has 0 aromatic carbocycles. The third-order valence-electron chi connectivity index (χ3n) is 3.86. The molecule has 1 atom stereocenters. The van der Waals surface area contributed by atoms with Gasteiger partial charge in [0.05, 0.1) is 16.4 Å². The highest BCUT2D eigenvalue weighted by molar-refractivity contribution is 6.32. The number of hydrogen-bond donors (Lipinski definition) is 2. The number of aliphatic carboxylic acids is 1. The average molecular weight is 314 g/mol. The zero-order valence-electron chi connectivity index (χ0n) is 12.4. The molecule has 1 aromatic heterocycles. The lowest BCUT2D eigenvalue weighted by molar-refractivity contribution is -0.154. The SMILES string of the molecule is CCn1nc(C)c(Cl)c1CC(C)(C(=O)O)C(=O)NC1CC1. The van der Waals surface area contributed by atoms with Gasteiger partial charge >= 0.3 is 5.97 Å². The zero-order chi connectivity index (χ0) is 15.8. The van der Waals surface area contributed by atoms with Crippen LogP contribution in [0.5, 0.6) is 0 Å². The molecule has 116 valence electrons. The second-order valence-corrected chi connectivity index (χ2v) is 6.10. The normalized spacial score (nSPS) is 17.3. The van der Waals surface area contributed by atoms with Gasteiger partial charge in [-0.25, -0.2) is 0 Å². The lowest BCUT2D eigenvalue weighted by Gasteiger charge is -2.24. The van der Waals surface area contributed by atoms with E-state index in [4.69, 9.17) is 11.6 Å². The van der Waals surface area contributed by atoms with Crippen molar-refractivity contribution in [2.45, 2.75) is 52.6 Å². The molecule has 1 aromatic rings. The second kappa shape index (κ2) is 5.67. The van der Waals surface area contributed by atoms with E-state index in [9.17, 15) is 14.7 Å². The van der Waals surface area contributed by atoms with Crippen LogP contribution in [-0.4, -0.2) is 32.8 Å². The lowest BCUT2D eigenvalue weighted by Crippen LogP contribution is -2.47. The van der Waals surface area contributed by atoms with Crippen molar-refractivity contribution in [3.63, 3.8) is 0 Å². The predicted molar refractivity (Wildman–Crippen MR) is 78.3 cm³/mol. The van der Waals surface area contributed by atoms with E-state index in [0.29, 0.717) is 23.0 Å². The molecule has 0 aliphatic heterocycles. The summed E-state index contributed by atoms with van der Waals surface area (Å²) in [6.07, 6.45) is 1.84. The summed E-state index contributed by atoms with van der Waals surface area (Å²) >= 11 is 6.22. The summed E-state index contributed by atoms with van der Waals surface area (Å²) in [7, 11) is 0. The number of carboxylic acids is 1. The molecule has 1 aliphatic rings. The van der Waals surface area contributed by atoms with Crippen LogP contribution in [0.25, 0.3) is 0 Å². The Morgan fingerprint density at radius 1 is 1.52 bits per heavy atom. The number of aryl methyl sites for hydroxylation is 2. The summed E-state index contributed by atoms with van der Waals surface area (Å²) in [6.45, 7) is 5.67. The number of carbonyl (C=O) groups is 2. The number of aromatic nitrogens is 2. The van der Waals surface area contributed by atoms with Gasteiger partial charge in [0.25, 0.3) is 0 Å². The molecule has 0 radical (unpaired) electrons. The van der Waals surface area contributed by atoms with Gasteiger partial charge in [0.15, 0.2) is 0 Å². The Morgan fingerprint density at radius 2 is 2.14 bits per heavy atom. The Balaban J connectivity index is 2.31. The number of amides is 1. The number of nitrogens with one attached hydrogen (secondary N) is 1. The topological polar surface area (TPSA) is 84.2 Å². The maximum Gasteiger partial charge on any atom is 0.319 e. The standard InChI is InChI=1S/C14H20ClN3O3/c1-4-18-10(11(15)8(2)17-18)7-14(3,13(20)21)12(19)16-9-5-6-9/h9H,4-7H2,1-3H3,(H,16,19)(H,20,21). The van der Waals surface area contributed by atoms with Crippen LogP contribution < -0.4 is 5.32 Å². The number of rotatable bonds is 6. The first kappa shape index (κ1) is 15.8. The largest absolute Gasteiger partial charge is 0.480 e. The minimum atomic E-state index is -1.55. The number of halogens is 1. The molecule has 1 heterocycles. The Morgan fingerprint density at radius 3 is 2.62 bits per heavy atom. The highest BCUT2D eigenvalue weighted by atomic mass is 35.5. The molecule has 2 rings (SSSR count). The fraction of sp³-hybridized carbons (Fsp3) is 0.643. The third kappa shape index (κ3) is 3.05.